The lowest BCUT2D eigenvalue weighted by atomic mass is 9.69. The van der Waals surface area contributed by atoms with E-state index in [4.69, 9.17) is 4.74 Å². The summed E-state index contributed by atoms with van der Waals surface area (Å²) in [7, 11) is 0. The fourth-order valence-corrected chi connectivity index (χ4v) is 4.01. The molecule has 0 saturated heterocycles. The molecule has 19 heavy (non-hydrogen) atoms. The fourth-order valence-electron chi connectivity index (χ4n) is 4.01. The van der Waals surface area contributed by atoms with E-state index in [1.165, 1.54) is 6.42 Å². The maximum atomic E-state index is 11.9. The van der Waals surface area contributed by atoms with Gasteiger partial charge < -0.3 is 10.1 Å². The van der Waals surface area contributed by atoms with Gasteiger partial charge in [0, 0.05) is 6.04 Å². The summed E-state index contributed by atoms with van der Waals surface area (Å²) in [6.45, 7) is 8.96. The molecule has 0 radical (unpaired) electrons. The van der Waals surface area contributed by atoms with Crippen LogP contribution in [0.25, 0.3) is 0 Å². The van der Waals surface area contributed by atoms with Gasteiger partial charge in [-0.2, -0.15) is 0 Å². The zero-order chi connectivity index (χ0) is 14.3. The molecule has 0 aromatic carbocycles. The van der Waals surface area contributed by atoms with Crippen molar-refractivity contribution >= 4 is 11.9 Å². The second kappa shape index (κ2) is 4.80. The zero-order valence-corrected chi connectivity index (χ0v) is 12.4. The van der Waals surface area contributed by atoms with Crippen molar-refractivity contribution in [2.45, 2.75) is 59.4 Å². The van der Waals surface area contributed by atoms with Gasteiger partial charge in [0.2, 0.25) is 5.91 Å². The van der Waals surface area contributed by atoms with Gasteiger partial charge in [0.1, 0.15) is 6.42 Å². The van der Waals surface area contributed by atoms with E-state index in [-0.39, 0.29) is 29.2 Å². The number of amides is 1. The second-order valence-electron chi connectivity index (χ2n) is 6.71. The molecule has 2 aliphatic rings. The highest BCUT2D eigenvalue weighted by atomic mass is 16.5. The topological polar surface area (TPSA) is 55.4 Å². The molecule has 2 aliphatic carbocycles. The molecular formula is C15H25NO3. The van der Waals surface area contributed by atoms with Crippen molar-refractivity contribution in [2.75, 3.05) is 6.61 Å². The maximum absolute atomic E-state index is 11.9. The summed E-state index contributed by atoms with van der Waals surface area (Å²) in [5.74, 6) is 0.0472. The Balaban J connectivity index is 1.95. The van der Waals surface area contributed by atoms with Crippen molar-refractivity contribution in [2.24, 2.45) is 16.7 Å². The Labute approximate surface area is 115 Å². The van der Waals surface area contributed by atoms with Crippen LogP contribution in [0.1, 0.15) is 53.4 Å². The Bertz CT molecular complexity index is 391. The molecule has 0 aromatic heterocycles. The second-order valence-corrected chi connectivity index (χ2v) is 6.71. The molecule has 0 aliphatic heterocycles. The van der Waals surface area contributed by atoms with E-state index in [0.29, 0.717) is 12.5 Å². The average Bonchev–Trinajstić information content (AvgIpc) is 2.62. The summed E-state index contributed by atoms with van der Waals surface area (Å²) < 4.78 is 4.81. The highest BCUT2D eigenvalue weighted by Crippen LogP contribution is 2.65. The molecule has 2 saturated carbocycles. The first-order chi connectivity index (χ1) is 8.81. The first-order valence-corrected chi connectivity index (χ1v) is 7.26. The summed E-state index contributed by atoms with van der Waals surface area (Å²) in [5.41, 5.74) is 0.427. The Hall–Kier alpha value is -1.06. The van der Waals surface area contributed by atoms with Crippen LogP contribution in [0, 0.1) is 16.7 Å². The van der Waals surface area contributed by atoms with E-state index in [2.05, 4.69) is 26.1 Å². The molecule has 4 heteroatoms. The van der Waals surface area contributed by atoms with E-state index in [9.17, 15) is 9.59 Å². The van der Waals surface area contributed by atoms with Crippen LogP contribution in [0.15, 0.2) is 0 Å². The third kappa shape index (κ3) is 2.26. The number of carbonyl (C=O) groups excluding carboxylic acids is 2. The predicted octanol–water partition coefficient (Wildman–Crippen LogP) is 2.27. The fraction of sp³-hybridized carbons (Fsp3) is 0.867. The van der Waals surface area contributed by atoms with Gasteiger partial charge in [-0.15, -0.1) is 0 Å². The van der Waals surface area contributed by atoms with E-state index in [1.807, 2.05) is 0 Å². The molecule has 1 amide bonds. The number of carbonyl (C=O) groups is 2. The molecule has 0 heterocycles. The Morgan fingerprint density at radius 1 is 1.32 bits per heavy atom. The van der Waals surface area contributed by atoms with Gasteiger partial charge in [0.25, 0.3) is 0 Å². The van der Waals surface area contributed by atoms with Crippen molar-refractivity contribution in [3.8, 4) is 0 Å². The molecule has 1 N–H and O–H groups in total. The number of esters is 1. The van der Waals surface area contributed by atoms with E-state index in [1.54, 1.807) is 6.92 Å². The molecule has 4 nitrogen and oxygen atoms in total. The molecule has 108 valence electrons. The first kappa shape index (κ1) is 14.4. The Morgan fingerprint density at radius 2 is 2.00 bits per heavy atom. The Kier molecular flexibility index (Phi) is 3.63. The largest absolute Gasteiger partial charge is 0.466 e. The standard InChI is InChI=1S/C15H25NO3/c1-5-19-13(18)9-12(17)16-11-8-10-6-7-15(11,4)14(10,2)3/h10-11H,5-9H2,1-4H3,(H,16,17)/t10-,11+,15-/m1/s1. The van der Waals surface area contributed by atoms with Gasteiger partial charge in [0.15, 0.2) is 0 Å². The van der Waals surface area contributed by atoms with Crippen molar-refractivity contribution < 1.29 is 14.3 Å². The minimum atomic E-state index is -0.437. The van der Waals surface area contributed by atoms with Crippen LogP contribution in [0.5, 0.6) is 0 Å². The Morgan fingerprint density at radius 3 is 2.47 bits per heavy atom. The minimum Gasteiger partial charge on any atom is -0.466 e. The summed E-state index contributed by atoms with van der Waals surface area (Å²) >= 11 is 0. The normalized spacial score (nSPS) is 35.2. The van der Waals surface area contributed by atoms with Gasteiger partial charge >= 0.3 is 5.97 Å². The molecule has 2 bridgehead atoms. The van der Waals surface area contributed by atoms with Crippen molar-refractivity contribution in [3.05, 3.63) is 0 Å². The third-order valence-corrected chi connectivity index (χ3v) is 5.74. The average molecular weight is 267 g/mol. The van der Waals surface area contributed by atoms with Gasteiger partial charge in [0.05, 0.1) is 6.61 Å². The summed E-state index contributed by atoms with van der Waals surface area (Å²) in [5, 5.41) is 3.06. The lowest BCUT2D eigenvalue weighted by Gasteiger charge is -2.39. The zero-order valence-electron chi connectivity index (χ0n) is 12.4. The molecular weight excluding hydrogens is 242 g/mol. The predicted molar refractivity (Wildman–Crippen MR) is 72.4 cm³/mol. The van der Waals surface area contributed by atoms with Crippen molar-refractivity contribution in [1.82, 2.24) is 5.32 Å². The van der Waals surface area contributed by atoms with Crippen LogP contribution in [0.3, 0.4) is 0 Å². The molecule has 0 aromatic rings. The monoisotopic (exact) mass is 267 g/mol. The summed E-state index contributed by atoms with van der Waals surface area (Å²) in [6.07, 6.45) is 3.30. The van der Waals surface area contributed by atoms with Crippen molar-refractivity contribution in [1.29, 1.82) is 0 Å². The molecule has 2 rings (SSSR count). The first-order valence-electron chi connectivity index (χ1n) is 7.26. The van der Waals surface area contributed by atoms with Gasteiger partial charge in [-0.25, -0.2) is 0 Å². The molecule has 0 spiro atoms. The van der Waals surface area contributed by atoms with Crippen LogP contribution < -0.4 is 5.32 Å². The van der Waals surface area contributed by atoms with Gasteiger partial charge in [-0.05, 0) is 42.9 Å². The highest BCUT2D eigenvalue weighted by Gasteiger charge is 2.61. The van der Waals surface area contributed by atoms with Crippen molar-refractivity contribution in [3.63, 3.8) is 0 Å². The highest BCUT2D eigenvalue weighted by molar-refractivity contribution is 5.94. The molecule has 0 unspecified atom stereocenters. The third-order valence-electron chi connectivity index (χ3n) is 5.74. The van der Waals surface area contributed by atoms with E-state index < -0.39 is 5.97 Å². The number of hydrogen-bond acceptors (Lipinski definition) is 3. The number of nitrogens with one attached hydrogen (secondary N) is 1. The lowest BCUT2D eigenvalue weighted by Crippen LogP contribution is -2.47. The maximum Gasteiger partial charge on any atom is 0.315 e. The number of ether oxygens (including phenoxy) is 1. The lowest BCUT2D eigenvalue weighted by molar-refractivity contribution is -0.146. The van der Waals surface area contributed by atoms with Crippen LogP contribution in [0.4, 0.5) is 0 Å². The van der Waals surface area contributed by atoms with Crippen LogP contribution in [0.2, 0.25) is 0 Å². The smallest absolute Gasteiger partial charge is 0.315 e. The van der Waals surface area contributed by atoms with Crippen LogP contribution >= 0.6 is 0 Å². The van der Waals surface area contributed by atoms with Gasteiger partial charge in [-0.3, -0.25) is 9.59 Å². The number of rotatable bonds is 4. The van der Waals surface area contributed by atoms with Crippen LogP contribution in [-0.4, -0.2) is 24.5 Å². The van der Waals surface area contributed by atoms with Gasteiger partial charge in [-0.1, -0.05) is 20.8 Å². The SMILES string of the molecule is CCOC(=O)CC(=O)N[C@H]1C[C@H]2CC[C@@]1(C)C2(C)C. The minimum absolute atomic E-state index is 0.155. The van der Waals surface area contributed by atoms with E-state index >= 15 is 0 Å². The molecule has 3 atom stereocenters. The number of fused-ring (bicyclic) bond motifs is 2. The number of hydrogen-bond donors (Lipinski definition) is 1. The summed E-state index contributed by atoms with van der Waals surface area (Å²) in [6, 6.07) is 0.197. The quantitative estimate of drug-likeness (QED) is 0.628. The summed E-state index contributed by atoms with van der Waals surface area (Å²) in [4.78, 5) is 23.2. The molecule has 2 fully saturated rings. The van der Waals surface area contributed by atoms with E-state index in [0.717, 1.165) is 12.8 Å². The van der Waals surface area contributed by atoms with Crippen LogP contribution in [-0.2, 0) is 14.3 Å².